The van der Waals surface area contributed by atoms with E-state index >= 15 is 0 Å². The summed E-state index contributed by atoms with van der Waals surface area (Å²) in [6, 6.07) is 0. The van der Waals surface area contributed by atoms with Crippen molar-refractivity contribution in [2.75, 3.05) is 0 Å². The van der Waals surface area contributed by atoms with E-state index in [4.69, 9.17) is 17.5 Å². The number of hydrogen-bond acceptors (Lipinski definition) is 6. The van der Waals surface area contributed by atoms with E-state index in [0.29, 0.717) is 0 Å². The molecule has 0 saturated heterocycles. The molecule has 58 valence electrons. The first-order valence-corrected chi connectivity index (χ1v) is 2.92. The first-order chi connectivity index (χ1) is 3.91. The molecule has 0 heterocycles. The second kappa shape index (κ2) is 5.84. The molecule has 8 N–H and O–H groups in total. The number of hydrazine groups is 3. The Morgan fingerprint density at radius 2 is 1.22 bits per heavy atom. The van der Waals surface area contributed by atoms with Gasteiger partial charge in [-0.3, -0.25) is 20.8 Å². The minimum Gasteiger partial charge on any atom is -0.264 e. The van der Waals surface area contributed by atoms with Gasteiger partial charge in [-0.25, -0.2) is 0 Å². The first-order valence-electron chi connectivity index (χ1n) is 1.53. The van der Waals surface area contributed by atoms with Crippen LogP contribution in [0.2, 0.25) is 0 Å². The maximum Gasteiger partial charge on any atom is 0.394 e. The van der Waals surface area contributed by atoms with Gasteiger partial charge in [0.1, 0.15) is 0 Å². The van der Waals surface area contributed by atoms with E-state index in [1.54, 1.807) is 0 Å². The van der Waals surface area contributed by atoms with Gasteiger partial charge in [0.05, 0.1) is 0 Å². The lowest BCUT2D eigenvalue weighted by Gasteiger charge is -1.82. The van der Waals surface area contributed by atoms with Crippen molar-refractivity contribution in [1.29, 1.82) is 0 Å². The molecule has 0 aromatic heterocycles. The van der Waals surface area contributed by atoms with Crippen LogP contribution < -0.4 is 22.8 Å². The Hall–Kier alpha value is -0.290. The predicted molar refractivity (Wildman–Crippen MR) is 28.8 cm³/mol. The molecule has 0 aliphatic rings. The highest BCUT2D eigenvalue weighted by Gasteiger charge is 1.84. The second-order valence-corrected chi connectivity index (χ2v) is 1.63. The lowest BCUT2D eigenvalue weighted by Crippen LogP contribution is -2.42. The Labute approximate surface area is 51.7 Å². The summed E-state index contributed by atoms with van der Waals surface area (Å²) in [5, 5.41) is 0. The molecular formula is H8N4O4S. The molecule has 9 heteroatoms. The van der Waals surface area contributed by atoms with Gasteiger partial charge < -0.3 is 0 Å². The van der Waals surface area contributed by atoms with Gasteiger partial charge in [-0.15, -0.1) is 0 Å². The van der Waals surface area contributed by atoms with Crippen LogP contribution in [0.5, 0.6) is 0 Å². The van der Waals surface area contributed by atoms with Crippen LogP contribution >= 0.6 is 0 Å². The Kier molecular flexibility index (Phi) is 7.46. The van der Waals surface area contributed by atoms with Crippen LogP contribution in [0.3, 0.4) is 0 Å². The van der Waals surface area contributed by atoms with Crippen molar-refractivity contribution in [3.05, 3.63) is 0 Å². The zero-order valence-corrected chi connectivity index (χ0v) is 5.09. The molecule has 0 amide bonds. The van der Waals surface area contributed by atoms with E-state index in [2.05, 4.69) is 11.7 Å². The maximum atomic E-state index is 8.74. The average Bonchev–Trinajstić information content (AvgIpc) is 1.61. The number of rotatable bonds is 1. The lowest BCUT2D eigenvalue weighted by atomic mass is 12.4. The summed E-state index contributed by atoms with van der Waals surface area (Å²) in [6.45, 7) is 0. The Morgan fingerprint density at radius 1 is 1.11 bits per heavy atom. The van der Waals surface area contributed by atoms with Crippen molar-refractivity contribution in [3.8, 4) is 0 Å². The van der Waals surface area contributed by atoms with E-state index in [9.17, 15) is 0 Å². The summed E-state index contributed by atoms with van der Waals surface area (Å²) in [7, 11) is -4.67. The Bertz CT molecular complexity index is 116. The van der Waals surface area contributed by atoms with Crippen molar-refractivity contribution in [3.63, 3.8) is 0 Å². The normalized spacial score (nSPS) is 9.78. The van der Waals surface area contributed by atoms with Gasteiger partial charge in [0.15, 0.2) is 0 Å². The van der Waals surface area contributed by atoms with Gasteiger partial charge in [0.25, 0.3) is 0 Å². The number of nitrogens with two attached hydrogens (primary N) is 2. The van der Waals surface area contributed by atoms with Gasteiger partial charge in [0.2, 0.25) is 0 Å². The van der Waals surface area contributed by atoms with Crippen molar-refractivity contribution >= 4 is 10.4 Å². The fourth-order valence-corrected chi connectivity index (χ4v) is 0. The molecule has 8 nitrogen and oxygen atoms in total. The van der Waals surface area contributed by atoms with Gasteiger partial charge in [0, 0.05) is 0 Å². The monoisotopic (exact) mass is 160 g/mol. The molecule has 0 atom stereocenters. The summed E-state index contributed by atoms with van der Waals surface area (Å²) in [4.78, 5) is 0. The highest BCUT2D eigenvalue weighted by Crippen LogP contribution is 1.59. The van der Waals surface area contributed by atoms with E-state index in [1.165, 1.54) is 0 Å². The minimum atomic E-state index is -4.67. The third kappa shape index (κ3) is 499. The molecule has 0 radical (unpaired) electrons. The van der Waals surface area contributed by atoms with E-state index < -0.39 is 10.4 Å². The lowest BCUT2D eigenvalue weighted by molar-refractivity contribution is 0.381. The van der Waals surface area contributed by atoms with Crippen molar-refractivity contribution in [2.45, 2.75) is 0 Å². The van der Waals surface area contributed by atoms with Crippen LogP contribution in [0, 0.1) is 0 Å². The Morgan fingerprint density at radius 3 is 1.22 bits per heavy atom. The SMILES string of the molecule is NNNN.O=S(=O)(O)O. The number of nitrogens with one attached hydrogen (secondary N) is 2. The smallest absolute Gasteiger partial charge is 0.264 e. The molecule has 0 bridgehead atoms. The summed E-state index contributed by atoms with van der Waals surface area (Å²) >= 11 is 0. The first kappa shape index (κ1) is 11.5. The van der Waals surface area contributed by atoms with Crippen LogP contribution in [0.4, 0.5) is 0 Å². The molecule has 0 rings (SSSR count). The molecule has 0 spiro atoms. The molecule has 0 aromatic carbocycles. The molecule has 0 aliphatic carbocycles. The average molecular weight is 160 g/mol. The fourth-order valence-electron chi connectivity index (χ4n) is 0. The zero-order valence-electron chi connectivity index (χ0n) is 4.27. The van der Waals surface area contributed by atoms with Crippen LogP contribution in [0.1, 0.15) is 0 Å². The molecule has 0 aliphatic heterocycles. The number of hydrogen-bond donors (Lipinski definition) is 6. The van der Waals surface area contributed by atoms with E-state index in [-0.39, 0.29) is 0 Å². The maximum absolute atomic E-state index is 8.74. The van der Waals surface area contributed by atoms with Gasteiger partial charge in [-0.2, -0.15) is 19.5 Å². The second-order valence-electron chi connectivity index (χ2n) is 0.737. The van der Waals surface area contributed by atoms with Gasteiger partial charge in [-0.05, 0) is 0 Å². The zero-order chi connectivity index (χ0) is 7.91. The van der Waals surface area contributed by atoms with E-state index in [0.717, 1.165) is 0 Å². The molecule has 0 fully saturated rings. The molecule has 9 heavy (non-hydrogen) atoms. The quantitative estimate of drug-likeness (QED) is 0.136. The third-order valence-corrected chi connectivity index (χ3v) is 0.0833. The van der Waals surface area contributed by atoms with Crippen LogP contribution in [0.25, 0.3) is 0 Å². The summed E-state index contributed by atoms with van der Waals surface area (Å²) in [5.41, 5.74) is 3.92. The molecule has 0 saturated carbocycles. The fraction of sp³-hybridized carbons (Fsp3) is 0. The van der Waals surface area contributed by atoms with Crippen molar-refractivity contribution in [1.82, 2.24) is 11.1 Å². The molecular weight excluding hydrogens is 152 g/mol. The standard InChI is InChI=1S/H6N4.H2O4S/c1-3-4-2;1-5(2,3)4/h3-4H,1-2H2;(H2,1,2,3,4). The summed E-state index contributed by atoms with van der Waals surface area (Å²) in [5.74, 6) is 9.08. The third-order valence-electron chi connectivity index (χ3n) is 0.0833. The minimum absolute atomic E-state index is 1.96. The van der Waals surface area contributed by atoms with Crippen LogP contribution in [0.15, 0.2) is 0 Å². The van der Waals surface area contributed by atoms with Gasteiger partial charge >= 0.3 is 10.4 Å². The largest absolute Gasteiger partial charge is 0.394 e. The molecule has 0 unspecified atom stereocenters. The summed E-state index contributed by atoms with van der Waals surface area (Å²) in [6.07, 6.45) is 0. The predicted octanol–water partition coefficient (Wildman–Crippen LogP) is -2.82. The van der Waals surface area contributed by atoms with Crippen molar-refractivity contribution in [2.24, 2.45) is 11.7 Å². The highest BCUT2D eigenvalue weighted by atomic mass is 32.3. The Balaban J connectivity index is 0. The van der Waals surface area contributed by atoms with E-state index in [1.807, 2.05) is 11.1 Å². The van der Waals surface area contributed by atoms with Crippen molar-refractivity contribution < 1.29 is 17.5 Å². The topological polar surface area (TPSA) is 151 Å². The van der Waals surface area contributed by atoms with Crippen LogP contribution in [-0.2, 0) is 10.4 Å². The highest BCUT2D eigenvalue weighted by molar-refractivity contribution is 7.79. The molecule has 0 aromatic rings. The van der Waals surface area contributed by atoms with Crippen LogP contribution in [-0.4, -0.2) is 17.5 Å². The van der Waals surface area contributed by atoms with Gasteiger partial charge in [-0.1, -0.05) is 0 Å². The summed E-state index contributed by atoms with van der Waals surface area (Å²) < 4.78 is 31.6.